The number of rotatable bonds is 5. The monoisotopic (exact) mass is 405 g/mol. The van der Waals surface area contributed by atoms with Gasteiger partial charge in [0.2, 0.25) is 0 Å². The largest absolute Gasteiger partial charge is 0.423 e. The topological polar surface area (TPSA) is 96.9 Å². The molecule has 0 saturated carbocycles. The molecule has 150 valence electrons. The van der Waals surface area contributed by atoms with Gasteiger partial charge in [-0.25, -0.2) is 14.6 Å². The van der Waals surface area contributed by atoms with Gasteiger partial charge in [0.15, 0.2) is 0 Å². The second-order valence-electron chi connectivity index (χ2n) is 5.96. The van der Waals surface area contributed by atoms with Crippen LogP contribution in [0.15, 0.2) is 84.0 Å². The van der Waals surface area contributed by atoms with E-state index in [0.29, 0.717) is 11.1 Å². The summed E-state index contributed by atoms with van der Waals surface area (Å²) in [6.07, 6.45) is 1.27. The number of carbonyl (C=O) groups excluding carboxylic acids is 3. The van der Waals surface area contributed by atoms with Crippen molar-refractivity contribution in [2.45, 2.75) is 0 Å². The second-order valence-corrected chi connectivity index (χ2v) is 5.96. The van der Waals surface area contributed by atoms with Crippen LogP contribution in [0.5, 0.6) is 5.75 Å². The highest BCUT2D eigenvalue weighted by Gasteiger charge is 2.14. The van der Waals surface area contributed by atoms with Crippen molar-refractivity contribution in [1.29, 1.82) is 0 Å². The number of hydrogen-bond acceptors (Lipinski definition) is 5. The maximum atomic E-state index is 13.5. The Morgan fingerprint density at radius 1 is 0.867 bits per heavy atom. The number of benzene rings is 3. The van der Waals surface area contributed by atoms with Crippen LogP contribution in [0.3, 0.4) is 0 Å². The summed E-state index contributed by atoms with van der Waals surface area (Å²) in [5, 5.41) is 5.83. The number of anilines is 1. The van der Waals surface area contributed by atoms with Crippen molar-refractivity contribution in [3.63, 3.8) is 0 Å². The minimum Gasteiger partial charge on any atom is -0.423 e. The zero-order valence-electron chi connectivity index (χ0n) is 15.5. The summed E-state index contributed by atoms with van der Waals surface area (Å²) in [5.41, 5.74) is 2.85. The first-order chi connectivity index (χ1) is 14.5. The molecule has 0 radical (unpaired) electrons. The van der Waals surface area contributed by atoms with E-state index in [0.717, 1.165) is 6.07 Å². The van der Waals surface area contributed by atoms with Crippen LogP contribution in [-0.2, 0) is 9.59 Å². The van der Waals surface area contributed by atoms with E-state index in [9.17, 15) is 18.8 Å². The zero-order chi connectivity index (χ0) is 21.3. The van der Waals surface area contributed by atoms with Crippen LogP contribution in [0.25, 0.3) is 0 Å². The standard InChI is InChI=1S/C22H16FN3O4/c23-18-11-4-5-12-19(18)25-20(27)21(28)26-24-14-15-7-6-10-17(13-15)30-22(29)16-8-2-1-3-9-16/h1-14H,(H,25,27)(H,26,28)/b24-14+. The molecule has 0 aliphatic heterocycles. The predicted molar refractivity (Wildman–Crippen MR) is 109 cm³/mol. The van der Waals surface area contributed by atoms with Crippen molar-refractivity contribution in [2.75, 3.05) is 5.32 Å². The SMILES string of the molecule is O=C(N/N=C/c1cccc(OC(=O)c2ccccc2)c1)C(=O)Nc1ccccc1F. The Hall–Kier alpha value is -4.33. The van der Waals surface area contributed by atoms with Gasteiger partial charge < -0.3 is 10.1 Å². The minimum absolute atomic E-state index is 0.116. The van der Waals surface area contributed by atoms with Gasteiger partial charge >= 0.3 is 17.8 Å². The fraction of sp³-hybridized carbons (Fsp3) is 0. The third-order valence-corrected chi connectivity index (χ3v) is 3.79. The summed E-state index contributed by atoms with van der Waals surface area (Å²) in [4.78, 5) is 35.7. The fourth-order valence-corrected chi connectivity index (χ4v) is 2.36. The number of nitrogens with one attached hydrogen (secondary N) is 2. The van der Waals surface area contributed by atoms with Gasteiger partial charge in [0.05, 0.1) is 17.5 Å². The molecule has 8 heteroatoms. The van der Waals surface area contributed by atoms with Gasteiger partial charge in [-0.3, -0.25) is 9.59 Å². The molecule has 0 bridgehead atoms. The minimum atomic E-state index is -1.07. The van der Waals surface area contributed by atoms with Crippen LogP contribution in [0, 0.1) is 5.82 Å². The van der Waals surface area contributed by atoms with Crippen molar-refractivity contribution in [3.05, 3.63) is 95.8 Å². The van der Waals surface area contributed by atoms with Crippen LogP contribution >= 0.6 is 0 Å². The Kier molecular flexibility index (Phi) is 6.63. The summed E-state index contributed by atoms with van der Waals surface area (Å²) < 4.78 is 18.8. The van der Waals surface area contributed by atoms with Crippen LogP contribution in [-0.4, -0.2) is 24.0 Å². The normalized spacial score (nSPS) is 10.4. The molecule has 0 aliphatic carbocycles. The Morgan fingerprint density at radius 2 is 1.60 bits per heavy atom. The van der Waals surface area contributed by atoms with Gasteiger partial charge in [0, 0.05) is 0 Å². The van der Waals surface area contributed by atoms with Crippen molar-refractivity contribution in [3.8, 4) is 5.75 Å². The molecule has 3 aromatic rings. The number of para-hydroxylation sites is 1. The first-order valence-corrected chi connectivity index (χ1v) is 8.79. The molecule has 30 heavy (non-hydrogen) atoms. The molecule has 0 fully saturated rings. The molecule has 0 heterocycles. The molecule has 0 unspecified atom stereocenters. The van der Waals surface area contributed by atoms with E-state index in [4.69, 9.17) is 4.74 Å². The number of carbonyl (C=O) groups is 3. The predicted octanol–water partition coefficient (Wildman–Crippen LogP) is 3.13. The van der Waals surface area contributed by atoms with Gasteiger partial charge in [-0.2, -0.15) is 5.10 Å². The van der Waals surface area contributed by atoms with E-state index >= 15 is 0 Å². The highest BCUT2D eigenvalue weighted by Crippen LogP contribution is 2.14. The molecule has 2 amide bonds. The molecule has 3 rings (SSSR count). The van der Waals surface area contributed by atoms with E-state index < -0.39 is 23.6 Å². The fourth-order valence-electron chi connectivity index (χ4n) is 2.36. The first-order valence-electron chi connectivity index (χ1n) is 8.79. The molecule has 3 aromatic carbocycles. The average Bonchev–Trinajstić information content (AvgIpc) is 2.76. The van der Waals surface area contributed by atoms with Crippen LogP contribution in [0.4, 0.5) is 10.1 Å². The van der Waals surface area contributed by atoms with E-state index in [1.807, 2.05) is 5.43 Å². The summed E-state index contributed by atoms with van der Waals surface area (Å²) in [6.45, 7) is 0. The van der Waals surface area contributed by atoms with Crippen molar-refractivity contribution in [2.24, 2.45) is 5.10 Å². The number of esters is 1. The summed E-state index contributed by atoms with van der Waals surface area (Å²) in [5.74, 6) is -3.02. The summed E-state index contributed by atoms with van der Waals surface area (Å²) >= 11 is 0. The zero-order valence-corrected chi connectivity index (χ0v) is 15.5. The van der Waals surface area contributed by atoms with Gasteiger partial charge in [-0.15, -0.1) is 0 Å². The van der Waals surface area contributed by atoms with E-state index in [-0.39, 0.29) is 11.4 Å². The molecule has 0 spiro atoms. The number of nitrogens with zero attached hydrogens (tertiary/aromatic N) is 1. The molecular formula is C22H16FN3O4. The van der Waals surface area contributed by atoms with Crippen LogP contribution in [0.2, 0.25) is 0 Å². The number of ether oxygens (including phenoxy) is 1. The molecule has 0 aromatic heterocycles. The number of amides is 2. The quantitative estimate of drug-likeness (QED) is 0.224. The molecular weight excluding hydrogens is 389 g/mol. The lowest BCUT2D eigenvalue weighted by molar-refractivity contribution is -0.136. The lowest BCUT2D eigenvalue weighted by Gasteiger charge is -2.05. The Morgan fingerprint density at radius 3 is 2.37 bits per heavy atom. The first kappa shape index (κ1) is 20.4. The van der Waals surface area contributed by atoms with Gasteiger partial charge in [-0.1, -0.05) is 42.5 Å². The Bertz CT molecular complexity index is 1100. The van der Waals surface area contributed by atoms with Crippen LogP contribution in [0.1, 0.15) is 15.9 Å². The summed E-state index contributed by atoms with van der Waals surface area (Å²) in [7, 11) is 0. The number of hydrogen-bond donors (Lipinski definition) is 2. The molecule has 0 aliphatic rings. The third kappa shape index (κ3) is 5.59. The highest BCUT2D eigenvalue weighted by molar-refractivity contribution is 6.39. The lowest BCUT2D eigenvalue weighted by Crippen LogP contribution is -2.32. The second kappa shape index (κ2) is 9.74. The van der Waals surface area contributed by atoms with Gasteiger partial charge in [-0.05, 0) is 42.0 Å². The smallest absolute Gasteiger partial charge is 0.343 e. The van der Waals surface area contributed by atoms with E-state index in [2.05, 4.69) is 10.4 Å². The van der Waals surface area contributed by atoms with Crippen molar-refractivity contribution < 1.29 is 23.5 Å². The molecule has 0 atom stereocenters. The third-order valence-electron chi connectivity index (χ3n) is 3.79. The van der Waals surface area contributed by atoms with Gasteiger partial charge in [0.1, 0.15) is 11.6 Å². The highest BCUT2D eigenvalue weighted by atomic mass is 19.1. The molecule has 0 saturated heterocycles. The lowest BCUT2D eigenvalue weighted by atomic mass is 10.2. The number of hydrazone groups is 1. The Balaban J connectivity index is 1.56. The van der Waals surface area contributed by atoms with Gasteiger partial charge in [0.25, 0.3) is 0 Å². The van der Waals surface area contributed by atoms with Crippen molar-refractivity contribution >= 4 is 29.7 Å². The van der Waals surface area contributed by atoms with E-state index in [1.165, 1.54) is 30.5 Å². The van der Waals surface area contributed by atoms with Crippen LogP contribution < -0.4 is 15.5 Å². The van der Waals surface area contributed by atoms with E-state index in [1.54, 1.807) is 48.5 Å². The maximum Gasteiger partial charge on any atom is 0.343 e. The molecule has 2 N–H and O–H groups in total. The number of halogens is 1. The maximum absolute atomic E-state index is 13.5. The summed E-state index contributed by atoms with van der Waals surface area (Å²) in [6, 6.07) is 20.4. The van der Waals surface area contributed by atoms with Crippen molar-refractivity contribution in [1.82, 2.24) is 5.43 Å². The average molecular weight is 405 g/mol. The Labute approximate surface area is 171 Å². The molecule has 7 nitrogen and oxygen atoms in total.